The number of aromatic nitrogens is 1. The van der Waals surface area contributed by atoms with Crippen molar-refractivity contribution in [2.75, 3.05) is 19.5 Å². The van der Waals surface area contributed by atoms with Gasteiger partial charge in [0.25, 0.3) is 0 Å². The minimum atomic E-state index is -0.451. The van der Waals surface area contributed by atoms with E-state index in [0.29, 0.717) is 47.1 Å². The molecule has 8 heteroatoms. The van der Waals surface area contributed by atoms with Crippen LogP contribution < -0.4 is 14.8 Å². The third kappa shape index (κ3) is 3.38. The third-order valence-electron chi connectivity index (χ3n) is 6.47. The number of phenols is 2. The summed E-state index contributed by atoms with van der Waals surface area (Å²) >= 11 is 0. The van der Waals surface area contributed by atoms with Gasteiger partial charge in [0.2, 0.25) is 5.88 Å². The van der Waals surface area contributed by atoms with Crippen LogP contribution in [0.4, 0.5) is 5.88 Å². The maximum atomic E-state index is 13.6. The Morgan fingerprint density at radius 3 is 2.48 bits per heavy atom. The van der Waals surface area contributed by atoms with Crippen LogP contribution in [0, 0.1) is 6.92 Å². The van der Waals surface area contributed by atoms with E-state index in [1.807, 2.05) is 25.1 Å². The second kappa shape index (κ2) is 7.88. The van der Waals surface area contributed by atoms with Crippen molar-refractivity contribution >= 4 is 11.7 Å². The smallest absolute Gasteiger partial charge is 0.233 e. The van der Waals surface area contributed by atoms with E-state index >= 15 is 0 Å². The largest absolute Gasteiger partial charge is 0.504 e. The summed E-state index contributed by atoms with van der Waals surface area (Å²) in [5.74, 6) is 0.785. The van der Waals surface area contributed by atoms with E-state index in [0.717, 1.165) is 16.8 Å². The van der Waals surface area contributed by atoms with Gasteiger partial charge in [-0.2, -0.15) is 0 Å². The Bertz CT molecular complexity index is 1290. The van der Waals surface area contributed by atoms with Crippen molar-refractivity contribution in [2.24, 2.45) is 0 Å². The standard InChI is InChI=1S/C25H24N2O6/c1-12-22-23(14-4-6-17(28)18(29)9-14)24-16(26-25(22)33-27-12)8-15(10-19(24)30)13-5-7-20(31-2)21(11-13)32-3/h4-7,9,11,15,23,26,28-29H,8,10H2,1-3H3/t15-,23+/m0/s1. The van der Waals surface area contributed by atoms with Gasteiger partial charge in [-0.05, 0) is 54.7 Å². The first kappa shape index (κ1) is 20.9. The van der Waals surface area contributed by atoms with Crippen molar-refractivity contribution in [3.05, 3.63) is 70.1 Å². The maximum absolute atomic E-state index is 13.6. The number of rotatable bonds is 4. The number of hydrogen-bond acceptors (Lipinski definition) is 8. The quantitative estimate of drug-likeness (QED) is 0.504. The highest BCUT2D eigenvalue weighted by atomic mass is 16.5. The number of allylic oxidation sites excluding steroid dienone is 2. The van der Waals surface area contributed by atoms with E-state index in [9.17, 15) is 15.0 Å². The lowest BCUT2D eigenvalue weighted by Gasteiger charge is -2.34. The van der Waals surface area contributed by atoms with Gasteiger partial charge in [0, 0.05) is 23.6 Å². The molecule has 3 N–H and O–H groups in total. The molecule has 2 atom stereocenters. The molecule has 2 heterocycles. The van der Waals surface area contributed by atoms with E-state index in [2.05, 4.69) is 10.5 Å². The molecular formula is C25H24N2O6. The van der Waals surface area contributed by atoms with Crippen molar-refractivity contribution in [1.82, 2.24) is 5.16 Å². The van der Waals surface area contributed by atoms with E-state index in [-0.39, 0.29) is 23.2 Å². The average molecular weight is 448 g/mol. The van der Waals surface area contributed by atoms with Gasteiger partial charge in [0.1, 0.15) is 0 Å². The Hall–Kier alpha value is -3.94. The van der Waals surface area contributed by atoms with E-state index in [1.54, 1.807) is 20.3 Å². The first-order chi connectivity index (χ1) is 15.9. The molecule has 170 valence electrons. The molecule has 1 aliphatic heterocycles. The minimum absolute atomic E-state index is 0.00681. The van der Waals surface area contributed by atoms with Crippen LogP contribution in [0.25, 0.3) is 0 Å². The second-order valence-corrected chi connectivity index (χ2v) is 8.35. The number of phenolic OH excluding ortho intramolecular Hbond substituents is 2. The topological polar surface area (TPSA) is 114 Å². The summed E-state index contributed by atoms with van der Waals surface area (Å²) in [4.78, 5) is 13.6. The highest BCUT2D eigenvalue weighted by molar-refractivity contribution is 6.01. The lowest BCUT2D eigenvalue weighted by Crippen LogP contribution is -2.29. The number of fused-ring (bicyclic) bond motifs is 1. The van der Waals surface area contributed by atoms with E-state index in [1.165, 1.54) is 12.1 Å². The Kier molecular flexibility index (Phi) is 5.00. The summed E-state index contributed by atoms with van der Waals surface area (Å²) in [6.45, 7) is 1.82. The molecule has 0 radical (unpaired) electrons. The zero-order valence-electron chi connectivity index (χ0n) is 18.5. The van der Waals surface area contributed by atoms with Crippen molar-refractivity contribution in [1.29, 1.82) is 0 Å². The van der Waals surface area contributed by atoms with Crippen LogP contribution in [-0.4, -0.2) is 35.4 Å². The van der Waals surface area contributed by atoms with Crippen LogP contribution in [0.5, 0.6) is 23.0 Å². The van der Waals surface area contributed by atoms with Crippen LogP contribution in [-0.2, 0) is 4.79 Å². The Morgan fingerprint density at radius 1 is 1.00 bits per heavy atom. The maximum Gasteiger partial charge on any atom is 0.233 e. The fraction of sp³-hybridized carbons (Fsp3) is 0.280. The molecule has 1 aliphatic carbocycles. The minimum Gasteiger partial charge on any atom is -0.504 e. The van der Waals surface area contributed by atoms with Crippen LogP contribution >= 0.6 is 0 Å². The number of Topliss-reactive ketones (excluding diaryl/α,β-unsaturated/α-hetero) is 1. The summed E-state index contributed by atoms with van der Waals surface area (Å²) in [6.07, 6.45) is 0.923. The zero-order valence-corrected chi connectivity index (χ0v) is 18.5. The molecule has 0 saturated carbocycles. The fourth-order valence-corrected chi connectivity index (χ4v) is 4.87. The van der Waals surface area contributed by atoms with Gasteiger partial charge in [-0.1, -0.05) is 17.3 Å². The summed E-state index contributed by atoms with van der Waals surface area (Å²) < 4.78 is 16.3. The molecule has 5 rings (SSSR count). The van der Waals surface area contributed by atoms with Gasteiger partial charge in [-0.25, -0.2) is 0 Å². The van der Waals surface area contributed by atoms with Gasteiger partial charge in [0.15, 0.2) is 28.8 Å². The number of ketones is 1. The summed E-state index contributed by atoms with van der Waals surface area (Å²) in [5.41, 5.74) is 4.49. The lowest BCUT2D eigenvalue weighted by atomic mass is 9.72. The summed E-state index contributed by atoms with van der Waals surface area (Å²) in [5, 5.41) is 27.3. The van der Waals surface area contributed by atoms with Gasteiger partial charge in [-0.15, -0.1) is 0 Å². The van der Waals surface area contributed by atoms with Gasteiger partial charge in [-0.3, -0.25) is 4.79 Å². The number of aromatic hydroxyl groups is 2. The van der Waals surface area contributed by atoms with Gasteiger partial charge < -0.3 is 29.5 Å². The molecule has 0 bridgehead atoms. The normalized spacial score (nSPS) is 19.5. The van der Waals surface area contributed by atoms with E-state index < -0.39 is 5.92 Å². The summed E-state index contributed by atoms with van der Waals surface area (Å²) in [6, 6.07) is 10.3. The first-order valence-electron chi connectivity index (χ1n) is 10.6. The molecule has 2 aliphatic rings. The number of nitrogens with one attached hydrogen (secondary N) is 1. The molecule has 0 fully saturated rings. The molecule has 3 aromatic rings. The number of methoxy groups -OCH3 is 2. The number of ether oxygens (including phenoxy) is 2. The predicted octanol–water partition coefficient (Wildman–Crippen LogP) is 4.37. The molecule has 0 saturated heterocycles. The number of nitrogens with zero attached hydrogens (tertiary/aromatic N) is 1. The average Bonchev–Trinajstić information content (AvgIpc) is 3.19. The third-order valence-corrected chi connectivity index (χ3v) is 6.47. The van der Waals surface area contributed by atoms with Crippen LogP contribution in [0.15, 0.2) is 52.2 Å². The summed E-state index contributed by atoms with van der Waals surface area (Å²) in [7, 11) is 3.17. The number of anilines is 1. The molecule has 2 aromatic carbocycles. The number of hydrogen-bond donors (Lipinski definition) is 3. The molecular weight excluding hydrogens is 424 g/mol. The monoisotopic (exact) mass is 448 g/mol. The molecule has 8 nitrogen and oxygen atoms in total. The molecule has 0 unspecified atom stereocenters. The molecule has 0 spiro atoms. The first-order valence-corrected chi connectivity index (χ1v) is 10.6. The number of carbonyl (C=O) groups excluding carboxylic acids is 1. The zero-order chi connectivity index (χ0) is 23.3. The molecule has 1 aromatic heterocycles. The highest BCUT2D eigenvalue weighted by Gasteiger charge is 2.41. The number of benzene rings is 2. The lowest BCUT2D eigenvalue weighted by molar-refractivity contribution is -0.116. The SMILES string of the molecule is COc1ccc([C@@H]2CC(=O)C3=C(C2)Nc2onc(C)c2[C@H]3c2ccc(O)c(O)c2)cc1OC. The fourth-order valence-electron chi connectivity index (χ4n) is 4.87. The second-order valence-electron chi connectivity index (χ2n) is 8.35. The van der Waals surface area contributed by atoms with Crippen LogP contribution in [0.3, 0.4) is 0 Å². The van der Waals surface area contributed by atoms with Crippen LogP contribution in [0.2, 0.25) is 0 Å². The van der Waals surface area contributed by atoms with Gasteiger partial charge in [0.05, 0.1) is 25.5 Å². The van der Waals surface area contributed by atoms with E-state index in [4.69, 9.17) is 14.0 Å². The Labute approximate surface area is 190 Å². The predicted molar refractivity (Wildman–Crippen MR) is 120 cm³/mol. The van der Waals surface area contributed by atoms with Crippen molar-refractivity contribution < 1.29 is 29.0 Å². The van der Waals surface area contributed by atoms with Crippen molar-refractivity contribution in [3.8, 4) is 23.0 Å². The number of aryl methyl sites for hydroxylation is 1. The number of carbonyl (C=O) groups is 1. The highest BCUT2D eigenvalue weighted by Crippen LogP contribution is 2.50. The van der Waals surface area contributed by atoms with Gasteiger partial charge >= 0.3 is 0 Å². The van der Waals surface area contributed by atoms with Crippen molar-refractivity contribution in [2.45, 2.75) is 31.6 Å². The van der Waals surface area contributed by atoms with Crippen LogP contribution in [0.1, 0.15) is 47.1 Å². The molecule has 33 heavy (non-hydrogen) atoms. The van der Waals surface area contributed by atoms with Crippen molar-refractivity contribution in [3.63, 3.8) is 0 Å². The molecule has 0 amide bonds. The Morgan fingerprint density at radius 2 is 1.76 bits per heavy atom. The Balaban J connectivity index is 1.59.